The van der Waals surface area contributed by atoms with Crippen LogP contribution in [-0.4, -0.2) is 37.4 Å². The fourth-order valence-corrected chi connectivity index (χ4v) is 2.20. The Hall–Kier alpha value is -1.96. The summed E-state index contributed by atoms with van der Waals surface area (Å²) in [4.78, 5) is 13.7. The van der Waals surface area contributed by atoms with Gasteiger partial charge >= 0.3 is 0 Å². The van der Waals surface area contributed by atoms with Gasteiger partial charge in [0.15, 0.2) is 0 Å². The molecule has 0 unspecified atom stereocenters. The molecule has 2 aromatic heterocycles. The third kappa shape index (κ3) is 3.27. The van der Waals surface area contributed by atoms with Crippen LogP contribution in [0, 0.1) is 6.92 Å². The van der Waals surface area contributed by atoms with E-state index in [4.69, 9.17) is 11.6 Å². The summed E-state index contributed by atoms with van der Waals surface area (Å²) in [7, 11) is 3.41. The van der Waals surface area contributed by atoms with Crippen molar-refractivity contribution in [2.24, 2.45) is 7.05 Å². The van der Waals surface area contributed by atoms with E-state index < -0.39 is 12.1 Å². The maximum atomic E-state index is 12.7. The third-order valence-electron chi connectivity index (χ3n) is 3.40. The number of hydrogen-bond acceptors (Lipinski definition) is 3. The first-order chi connectivity index (χ1) is 10.3. The highest BCUT2D eigenvalue weighted by atomic mass is 35.5. The van der Waals surface area contributed by atoms with Crippen molar-refractivity contribution in [3.05, 3.63) is 34.4 Å². The highest BCUT2D eigenvalue weighted by Crippen LogP contribution is 2.28. The molecular formula is C13H16ClF2N5O. The van der Waals surface area contributed by atoms with Crippen LogP contribution in [0.4, 0.5) is 8.78 Å². The number of hydrogen-bond donors (Lipinski definition) is 0. The fourth-order valence-electron chi connectivity index (χ4n) is 1.98. The van der Waals surface area contributed by atoms with Crippen LogP contribution in [-0.2, 0) is 24.9 Å². The van der Waals surface area contributed by atoms with E-state index in [1.54, 1.807) is 38.0 Å². The van der Waals surface area contributed by atoms with Crippen molar-refractivity contribution in [3.8, 4) is 0 Å². The lowest BCUT2D eigenvalue weighted by Crippen LogP contribution is -2.31. The van der Waals surface area contributed by atoms with E-state index in [0.29, 0.717) is 12.2 Å². The quantitative estimate of drug-likeness (QED) is 0.843. The van der Waals surface area contributed by atoms with Gasteiger partial charge in [0.25, 0.3) is 6.43 Å². The molecule has 0 atom stereocenters. The van der Waals surface area contributed by atoms with Gasteiger partial charge in [-0.3, -0.25) is 14.2 Å². The zero-order valence-electron chi connectivity index (χ0n) is 12.4. The molecule has 0 aliphatic carbocycles. The summed E-state index contributed by atoms with van der Waals surface area (Å²) in [5.41, 5.74) is 0.708. The van der Waals surface area contributed by atoms with Crippen molar-refractivity contribution < 1.29 is 13.6 Å². The first kappa shape index (κ1) is 16.4. The predicted molar refractivity (Wildman–Crippen MR) is 76.6 cm³/mol. The Kier molecular flexibility index (Phi) is 4.80. The van der Waals surface area contributed by atoms with Crippen LogP contribution >= 0.6 is 11.6 Å². The van der Waals surface area contributed by atoms with E-state index in [-0.39, 0.29) is 17.5 Å². The molecule has 0 saturated heterocycles. The number of alkyl halides is 2. The second kappa shape index (κ2) is 6.43. The highest BCUT2D eigenvalue weighted by Gasteiger charge is 2.22. The molecule has 2 aromatic rings. The van der Waals surface area contributed by atoms with Gasteiger partial charge in [-0.05, 0) is 13.0 Å². The van der Waals surface area contributed by atoms with Crippen molar-refractivity contribution >= 4 is 17.5 Å². The molecule has 6 nitrogen and oxygen atoms in total. The molecule has 0 aliphatic heterocycles. The minimum Gasteiger partial charge on any atom is -0.338 e. The van der Waals surface area contributed by atoms with Crippen LogP contribution in [0.1, 0.15) is 23.5 Å². The normalized spacial score (nSPS) is 11.2. The van der Waals surface area contributed by atoms with Gasteiger partial charge in [-0.15, -0.1) is 0 Å². The molecule has 2 heterocycles. The average molecular weight is 332 g/mol. The lowest BCUT2D eigenvalue weighted by atomic mass is 10.3. The fraction of sp³-hybridized carbons (Fsp3) is 0.462. The first-order valence-corrected chi connectivity index (χ1v) is 6.90. The predicted octanol–water partition coefficient (Wildman–Crippen LogP) is 2.17. The molecule has 0 saturated carbocycles. The van der Waals surface area contributed by atoms with E-state index in [1.165, 1.54) is 9.58 Å². The molecule has 1 amide bonds. The molecule has 22 heavy (non-hydrogen) atoms. The van der Waals surface area contributed by atoms with Gasteiger partial charge in [0.2, 0.25) is 5.91 Å². The summed E-state index contributed by atoms with van der Waals surface area (Å²) in [5, 5.41) is 7.64. The van der Waals surface area contributed by atoms with Crippen LogP contribution in [0.3, 0.4) is 0 Å². The van der Waals surface area contributed by atoms with Crippen LogP contribution in [0.25, 0.3) is 0 Å². The zero-order chi connectivity index (χ0) is 16.4. The molecule has 0 fully saturated rings. The average Bonchev–Trinajstić information content (AvgIpc) is 2.97. The number of aryl methyl sites for hydroxylation is 1. The van der Waals surface area contributed by atoms with E-state index >= 15 is 0 Å². The smallest absolute Gasteiger partial charge is 0.283 e. The van der Waals surface area contributed by atoms with E-state index in [0.717, 1.165) is 5.69 Å². The standard InChI is InChI=1S/C13H16ClF2N5O/c1-8-11(14)12(13(15)16)18-21(8)7-10(22)19(2)6-9-4-5-17-20(9)3/h4-5,13H,6-7H2,1-3H3. The lowest BCUT2D eigenvalue weighted by Gasteiger charge is -2.17. The van der Waals surface area contributed by atoms with Crippen LogP contribution in [0.5, 0.6) is 0 Å². The summed E-state index contributed by atoms with van der Waals surface area (Å²) in [6, 6.07) is 1.80. The molecule has 0 aliphatic rings. The minimum atomic E-state index is -2.77. The molecule has 2 rings (SSSR count). The SMILES string of the molecule is Cc1c(Cl)c(C(F)F)nn1CC(=O)N(C)Cc1ccnn1C. The van der Waals surface area contributed by atoms with Gasteiger partial charge in [-0.2, -0.15) is 10.2 Å². The lowest BCUT2D eigenvalue weighted by molar-refractivity contribution is -0.131. The second-order valence-electron chi connectivity index (χ2n) is 4.94. The summed E-state index contributed by atoms with van der Waals surface area (Å²) in [6.07, 6.45) is -1.13. The Morgan fingerprint density at radius 1 is 1.50 bits per heavy atom. The van der Waals surface area contributed by atoms with Gasteiger partial charge in [-0.1, -0.05) is 11.6 Å². The molecule has 0 radical (unpaired) electrons. The van der Waals surface area contributed by atoms with Gasteiger partial charge < -0.3 is 4.90 Å². The van der Waals surface area contributed by atoms with Crippen LogP contribution in [0.2, 0.25) is 5.02 Å². The number of carbonyl (C=O) groups is 1. The number of carbonyl (C=O) groups excluding carboxylic acids is 1. The highest BCUT2D eigenvalue weighted by molar-refractivity contribution is 6.31. The maximum Gasteiger partial charge on any atom is 0.283 e. The monoisotopic (exact) mass is 331 g/mol. The topological polar surface area (TPSA) is 56.0 Å². The number of likely N-dealkylation sites (N-methyl/N-ethyl adjacent to an activating group) is 1. The molecule has 0 spiro atoms. The minimum absolute atomic E-state index is 0.0999. The van der Waals surface area contributed by atoms with Gasteiger partial charge in [0.1, 0.15) is 12.2 Å². The largest absolute Gasteiger partial charge is 0.338 e. The van der Waals surface area contributed by atoms with Crippen LogP contribution in [0.15, 0.2) is 12.3 Å². The van der Waals surface area contributed by atoms with E-state index in [2.05, 4.69) is 10.2 Å². The molecular weight excluding hydrogens is 316 g/mol. The maximum absolute atomic E-state index is 12.7. The first-order valence-electron chi connectivity index (χ1n) is 6.53. The second-order valence-corrected chi connectivity index (χ2v) is 5.32. The van der Waals surface area contributed by atoms with Gasteiger partial charge in [0.05, 0.1) is 23.0 Å². The number of nitrogens with zero attached hydrogens (tertiary/aromatic N) is 5. The molecule has 0 N–H and O–H groups in total. The molecule has 9 heteroatoms. The van der Waals surface area contributed by atoms with Crippen LogP contribution < -0.4 is 0 Å². The Labute approximate surface area is 131 Å². The molecule has 120 valence electrons. The van der Waals surface area contributed by atoms with E-state index in [9.17, 15) is 13.6 Å². The Morgan fingerprint density at radius 2 is 2.18 bits per heavy atom. The zero-order valence-corrected chi connectivity index (χ0v) is 13.2. The molecule has 0 aromatic carbocycles. The molecule has 0 bridgehead atoms. The number of rotatable bonds is 5. The summed E-state index contributed by atoms with van der Waals surface area (Å²) in [6.45, 7) is 1.77. The number of aromatic nitrogens is 4. The Morgan fingerprint density at radius 3 is 2.68 bits per heavy atom. The summed E-state index contributed by atoms with van der Waals surface area (Å²) >= 11 is 5.81. The number of amides is 1. The Balaban J connectivity index is 2.09. The van der Waals surface area contributed by atoms with Crippen molar-refractivity contribution in [1.29, 1.82) is 0 Å². The summed E-state index contributed by atoms with van der Waals surface area (Å²) < 4.78 is 28.4. The third-order valence-corrected chi connectivity index (χ3v) is 3.86. The Bertz CT molecular complexity index is 682. The van der Waals surface area contributed by atoms with Crippen molar-refractivity contribution in [2.45, 2.75) is 26.4 Å². The van der Waals surface area contributed by atoms with Gasteiger partial charge in [0, 0.05) is 20.3 Å². The van der Waals surface area contributed by atoms with Crippen molar-refractivity contribution in [2.75, 3.05) is 7.05 Å². The van der Waals surface area contributed by atoms with Gasteiger partial charge in [-0.25, -0.2) is 8.78 Å². The van der Waals surface area contributed by atoms with Crippen molar-refractivity contribution in [3.63, 3.8) is 0 Å². The van der Waals surface area contributed by atoms with Crippen molar-refractivity contribution in [1.82, 2.24) is 24.5 Å². The summed E-state index contributed by atoms with van der Waals surface area (Å²) in [5.74, 6) is -0.260. The van der Waals surface area contributed by atoms with E-state index in [1.807, 2.05) is 0 Å². The number of halogens is 3.